The van der Waals surface area contributed by atoms with Crippen LogP contribution in [0.5, 0.6) is 0 Å². The molecule has 3 heteroatoms. The number of rotatable bonds is 4. The monoisotopic (exact) mass is 219 g/mol. The smallest absolute Gasteiger partial charge is 0.131 e. The van der Waals surface area contributed by atoms with Gasteiger partial charge in [0.25, 0.3) is 0 Å². The number of hydrogen-bond donors (Lipinski definition) is 1. The van der Waals surface area contributed by atoms with Gasteiger partial charge in [0.2, 0.25) is 0 Å². The van der Waals surface area contributed by atoms with Crippen LogP contribution in [0.25, 0.3) is 0 Å². The lowest BCUT2D eigenvalue weighted by molar-refractivity contribution is 0.584. The molecule has 88 valence electrons. The van der Waals surface area contributed by atoms with Gasteiger partial charge in [0.15, 0.2) is 0 Å². The van der Waals surface area contributed by atoms with Gasteiger partial charge >= 0.3 is 0 Å². The maximum absolute atomic E-state index is 4.50. The molecule has 1 aliphatic rings. The molecule has 0 bridgehead atoms. The lowest BCUT2D eigenvalue weighted by Gasteiger charge is -2.08. The third-order valence-electron chi connectivity index (χ3n) is 3.36. The second-order valence-electron chi connectivity index (χ2n) is 4.84. The van der Waals surface area contributed by atoms with Crippen molar-refractivity contribution in [3.8, 4) is 0 Å². The van der Waals surface area contributed by atoms with Crippen LogP contribution < -0.4 is 5.32 Å². The zero-order valence-corrected chi connectivity index (χ0v) is 10.2. The Balaban J connectivity index is 1.96. The number of nitrogens with zero attached hydrogens (tertiary/aromatic N) is 2. The van der Waals surface area contributed by atoms with Gasteiger partial charge in [-0.3, -0.25) is 0 Å². The third kappa shape index (κ3) is 2.79. The highest BCUT2D eigenvalue weighted by atomic mass is 14.9. The van der Waals surface area contributed by atoms with Gasteiger partial charge in [-0.2, -0.15) is 0 Å². The number of aromatic nitrogens is 2. The van der Waals surface area contributed by atoms with Gasteiger partial charge in [0.05, 0.1) is 0 Å². The predicted molar refractivity (Wildman–Crippen MR) is 65.2 cm³/mol. The highest BCUT2D eigenvalue weighted by Crippen LogP contribution is 2.35. The van der Waals surface area contributed by atoms with E-state index in [2.05, 4.69) is 29.1 Å². The minimum Gasteiger partial charge on any atom is -0.313 e. The fourth-order valence-corrected chi connectivity index (χ4v) is 2.38. The van der Waals surface area contributed by atoms with Crippen molar-refractivity contribution in [2.45, 2.75) is 45.6 Å². The van der Waals surface area contributed by atoms with Crippen molar-refractivity contribution < 1.29 is 0 Å². The van der Waals surface area contributed by atoms with E-state index < -0.39 is 0 Å². The number of nitrogens with one attached hydrogen (secondary N) is 1. The van der Waals surface area contributed by atoms with E-state index in [1.54, 1.807) is 0 Å². The van der Waals surface area contributed by atoms with Crippen LogP contribution in [-0.4, -0.2) is 16.5 Å². The average molecular weight is 219 g/mol. The van der Waals surface area contributed by atoms with Crippen molar-refractivity contribution in [3.05, 3.63) is 23.8 Å². The Hall–Kier alpha value is -0.960. The van der Waals surface area contributed by atoms with Crippen molar-refractivity contribution in [1.82, 2.24) is 15.3 Å². The zero-order chi connectivity index (χ0) is 11.4. The molecule has 1 fully saturated rings. The third-order valence-corrected chi connectivity index (χ3v) is 3.36. The maximum Gasteiger partial charge on any atom is 0.131 e. The van der Waals surface area contributed by atoms with Gasteiger partial charge in [-0.25, -0.2) is 9.97 Å². The Kier molecular flexibility index (Phi) is 3.88. The predicted octanol–water partition coefficient (Wildman–Crippen LogP) is 2.49. The molecule has 2 rings (SSSR count). The summed E-state index contributed by atoms with van der Waals surface area (Å²) in [6.45, 7) is 6.29. The first-order valence-corrected chi connectivity index (χ1v) is 6.31. The Bertz CT molecular complexity index is 320. The van der Waals surface area contributed by atoms with Crippen LogP contribution in [0.2, 0.25) is 0 Å². The van der Waals surface area contributed by atoms with Crippen LogP contribution in [0, 0.1) is 5.92 Å². The van der Waals surface area contributed by atoms with Crippen molar-refractivity contribution in [1.29, 1.82) is 0 Å². The fourth-order valence-electron chi connectivity index (χ4n) is 2.38. The molecule has 3 nitrogen and oxygen atoms in total. The normalized spacial score (nSPS) is 24.9. The van der Waals surface area contributed by atoms with Crippen LogP contribution in [0.1, 0.15) is 50.4 Å². The molecule has 0 radical (unpaired) electrons. The molecule has 2 unspecified atom stereocenters. The van der Waals surface area contributed by atoms with Gasteiger partial charge in [-0.05, 0) is 31.7 Å². The lowest BCUT2D eigenvalue weighted by Crippen LogP contribution is -2.12. The van der Waals surface area contributed by atoms with Gasteiger partial charge in [-0.15, -0.1) is 0 Å². The zero-order valence-electron chi connectivity index (χ0n) is 10.2. The van der Waals surface area contributed by atoms with Crippen LogP contribution in [0.15, 0.2) is 12.4 Å². The first-order chi connectivity index (χ1) is 7.79. The van der Waals surface area contributed by atoms with Gasteiger partial charge in [0.1, 0.15) is 5.82 Å². The van der Waals surface area contributed by atoms with E-state index in [0.29, 0.717) is 5.92 Å². The molecule has 1 saturated carbocycles. The van der Waals surface area contributed by atoms with Crippen molar-refractivity contribution in [2.75, 3.05) is 6.54 Å². The maximum atomic E-state index is 4.50. The van der Waals surface area contributed by atoms with Crippen molar-refractivity contribution in [2.24, 2.45) is 5.92 Å². The molecule has 16 heavy (non-hydrogen) atoms. The van der Waals surface area contributed by atoms with Crippen LogP contribution >= 0.6 is 0 Å². The Morgan fingerprint density at radius 1 is 1.31 bits per heavy atom. The summed E-state index contributed by atoms with van der Waals surface area (Å²) in [7, 11) is 0. The molecule has 0 saturated heterocycles. The van der Waals surface area contributed by atoms with Gasteiger partial charge < -0.3 is 5.32 Å². The van der Waals surface area contributed by atoms with Gasteiger partial charge in [0, 0.05) is 30.4 Å². The Morgan fingerprint density at radius 2 is 2.06 bits per heavy atom. The van der Waals surface area contributed by atoms with E-state index in [4.69, 9.17) is 0 Å². The minimum absolute atomic E-state index is 0.600. The number of hydrogen-bond acceptors (Lipinski definition) is 3. The summed E-state index contributed by atoms with van der Waals surface area (Å²) in [4.78, 5) is 8.99. The molecule has 0 aromatic carbocycles. The summed E-state index contributed by atoms with van der Waals surface area (Å²) in [5.41, 5.74) is 1.18. The molecule has 2 atom stereocenters. The highest BCUT2D eigenvalue weighted by molar-refractivity contribution is 5.08. The molecule has 1 aliphatic carbocycles. The molecular formula is C13H21N3. The minimum atomic E-state index is 0.600. The Labute approximate surface area is 97.7 Å². The summed E-state index contributed by atoms with van der Waals surface area (Å²) in [5.74, 6) is 2.49. The molecule has 1 aromatic heterocycles. The highest BCUT2D eigenvalue weighted by Gasteiger charge is 2.24. The summed E-state index contributed by atoms with van der Waals surface area (Å²) >= 11 is 0. The van der Waals surface area contributed by atoms with E-state index in [1.165, 1.54) is 24.8 Å². The van der Waals surface area contributed by atoms with E-state index >= 15 is 0 Å². The molecule has 0 amide bonds. The quantitative estimate of drug-likeness (QED) is 0.845. The van der Waals surface area contributed by atoms with Crippen LogP contribution in [0.4, 0.5) is 0 Å². The van der Waals surface area contributed by atoms with E-state index in [0.717, 1.165) is 24.8 Å². The molecule has 1 N–H and O–H groups in total. The largest absolute Gasteiger partial charge is 0.313 e. The summed E-state index contributed by atoms with van der Waals surface area (Å²) in [5, 5.41) is 3.28. The molecule has 1 heterocycles. The SMILES string of the molecule is CCNCc1cnc(C2CCC(C)C2)nc1. The van der Waals surface area contributed by atoms with E-state index in [-0.39, 0.29) is 0 Å². The fraction of sp³-hybridized carbons (Fsp3) is 0.692. The first kappa shape index (κ1) is 11.5. The standard InChI is InChI=1S/C13H21N3/c1-3-14-7-11-8-15-13(16-9-11)12-5-4-10(2)6-12/h8-10,12,14H,3-7H2,1-2H3. The first-order valence-electron chi connectivity index (χ1n) is 6.31. The van der Waals surface area contributed by atoms with Gasteiger partial charge in [-0.1, -0.05) is 13.8 Å². The molecule has 0 spiro atoms. The summed E-state index contributed by atoms with van der Waals surface area (Å²) in [6, 6.07) is 0. The second kappa shape index (κ2) is 5.39. The average Bonchev–Trinajstić information content (AvgIpc) is 2.74. The van der Waals surface area contributed by atoms with Crippen LogP contribution in [-0.2, 0) is 6.54 Å². The summed E-state index contributed by atoms with van der Waals surface area (Å²) < 4.78 is 0. The summed E-state index contributed by atoms with van der Waals surface area (Å²) in [6.07, 6.45) is 7.77. The molecular weight excluding hydrogens is 198 g/mol. The molecule has 1 aromatic rings. The molecule has 0 aliphatic heterocycles. The second-order valence-corrected chi connectivity index (χ2v) is 4.84. The van der Waals surface area contributed by atoms with Crippen molar-refractivity contribution in [3.63, 3.8) is 0 Å². The van der Waals surface area contributed by atoms with Crippen molar-refractivity contribution >= 4 is 0 Å². The van der Waals surface area contributed by atoms with Crippen LogP contribution in [0.3, 0.4) is 0 Å². The lowest BCUT2D eigenvalue weighted by atomic mass is 10.1. The van der Waals surface area contributed by atoms with E-state index in [9.17, 15) is 0 Å². The van der Waals surface area contributed by atoms with E-state index in [1.807, 2.05) is 12.4 Å². The Morgan fingerprint density at radius 3 is 2.62 bits per heavy atom. The topological polar surface area (TPSA) is 37.8 Å².